The Morgan fingerprint density at radius 2 is 2.11 bits per heavy atom. The summed E-state index contributed by atoms with van der Waals surface area (Å²) >= 11 is 3.01. The first-order chi connectivity index (χ1) is 8.41. The van der Waals surface area contributed by atoms with Crippen molar-refractivity contribution < 1.29 is 19.1 Å². The molecule has 0 fully saturated rings. The van der Waals surface area contributed by atoms with E-state index in [9.17, 15) is 14.0 Å². The van der Waals surface area contributed by atoms with Gasteiger partial charge in [0.1, 0.15) is 5.82 Å². The number of hydrogen-bond acceptors (Lipinski definition) is 2. The van der Waals surface area contributed by atoms with Gasteiger partial charge in [-0.3, -0.25) is 9.59 Å². The third-order valence-electron chi connectivity index (χ3n) is 2.40. The van der Waals surface area contributed by atoms with E-state index in [4.69, 9.17) is 5.11 Å². The number of amides is 1. The van der Waals surface area contributed by atoms with E-state index in [-0.39, 0.29) is 17.9 Å². The number of halogens is 2. The average Bonchev–Trinajstić information content (AvgIpc) is 2.31. The zero-order valence-corrected chi connectivity index (χ0v) is 11.4. The highest BCUT2D eigenvalue weighted by atomic mass is 79.9. The molecule has 1 rings (SSSR count). The van der Waals surface area contributed by atoms with Crippen LogP contribution < -0.4 is 0 Å². The van der Waals surface area contributed by atoms with Crippen molar-refractivity contribution in [3.05, 3.63) is 34.1 Å². The molecule has 0 saturated carbocycles. The lowest BCUT2D eigenvalue weighted by Crippen LogP contribution is -2.28. The Bertz CT molecular complexity index is 465. The number of nitrogens with zero attached hydrogens (tertiary/aromatic N) is 1. The SMILES string of the molecule is CN(CCCC(=O)O)C(=O)c1ccc(Br)c(F)c1. The fourth-order valence-electron chi connectivity index (χ4n) is 1.42. The van der Waals surface area contributed by atoms with Crippen LogP contribution >= 0.6 is 15.9 Å². The fourth-order valence-corrected chi connectivity index (χ4v) is 1.67. The maximum Gasteiger partial charge on any atom is 0.303 e. The summed E-state index contributed by atoms with van der Waals surface area (Å²) in [6.45, 7) is 0.322. The molecule has 0 aliphatic carbocycles. The van der Waals surface area contributed by atoms with Crippen LogP contribution in [-0.4, -0.2) is 35.5 Å². The predicted octanol–water partition coefficient (Wildman–Crippen LogP) is 2.53. The predicted molar refractivity (Wildman–Crippen MR) is 67.9 cm³/mol. The third-order valence-corrected chi connectivity index (χ3v) is 3.04. The molecule has 98 valence electrons. The number of aliphatic carboxylic acids is 1. The Morgan fingerprint density at radius 1 is 1.44 bits per heavy atom. The average molecular weight is 318 g/mol. The number of carbonyl (C=O) groups is 2. The van der Waals surface area contributed by atoms with Crippen LogP contribution in [0.5, 0.6) is 0 Å². The van der Waals surface area contributed by atoms with Gasteiger partial charge in [-0.25, -0.2) is 4.39 Å². The van der Waals surface area contributed by atoms with Crippen molar-refractivity contribution in [2.75, 3.05) is 13.6 Å². The Balaban J connectivity index is 2.62. The largest absolute Gasteiger partial charge is 0.481 e. The molecule has 0 spiro atoms. The molecule has 1 amide bonds. The molecular weight excluding hydrogens is 305 g/mol. The fraction of sp³-hybridized carbons (Fsp3) is 0.333. The van der Waals surface area contributed by atoms with Crippen molar-refractivity contribution in [2.45, 2.75) is 12.8 Å². The lowest BCUT2D eigenvalue weighted by atomic mass is 10.2. The van der Waals surface area contributed by atoms with Gasteiger partial charge in [0.2, 0.25) is 0 Å². The molecule has 18 heavy (non-hydrogen) atoms. The van der Waals surface area contributed by atoms with Gasteiger partial charge in [0, 0.05) is 25.6 Å². The second kappa shape index (κ2) is 6.49. The molecule has 0 radical (unpaired) electrons. The molecule has 0 aliphatic heterocycles. The lowest BCUT2D eigenvalue weighted by Gasteiger charge is -2.16. The van der Waals surface area contributed by atoms with Gasteiger partial charge in [-0.1, -0.05) is 0 Å². The summed E-state index contributed by atoms with van der Waals surface area (Å²) in [5, 5.41) is 8.49. The summed E-state index contributed by atoms with van der Waals surface area (Å²) in [7, 11) is 1.56. The minimum Gasteiger partial charge on any atom is -0.481 e. The first-order valence-corrected chi connectivity index (χ1v) is 6.13. The summed E-state index contributed by atoms with van der Waals surface area (Å²) in [6, 6.07) is 4.14. The van der Waals surface area contributed by atoms with E-state index in [2.05, 4.69) is 15.9 Å². The molecule has 0 saturated heterocycles. The van der Waals surface area contributed by atoms with E-state index in [0.717, 1.165) is 6.07 Å². The van der Waals surface area contributed by atoms with Crippen molar-refractivity contribution in [1.29, 1.82) is 0 Å². The second-order valence-corrected chi connectivity index (χ2v) is 4.71. The van der Waals surface area contributed by atoms with Gasteiger partial charge in [0.05, 0.1) is 4.47 Å². The number of benzene rings is 1. The van der Waals surface area contributed by atoms with Gasteiger partial charge >= 0.3 is 5.97 Å². The van der Waals surface area contributed by atoms with Crippen LogP contribution in [0.1, 0.15) is 23.2 Å². The van der Waals surface area contributed by atoms with Crippen LogP contribution in [0.25, 0.3) is 0 Å². The molecule has 4 nitrogen and oxygen atoms in total. The Kier molecular flexibility index (Phi) is 5.27. The van der Waals surface area contributed by atoms with Crippen LogP contribution in [0.2, 0.25) is 0 Å². The van der Waals surface area contributed by atoms with Gasteiger partial charge in [-0.15, -0.1) is 0 Å². The summed E-state index contributed by atoms with van der Waals surface area (Å²) in [5.74, 6) is -1.72. The van der Waals surface area contributed by atoms with Gasteiger partial charge in [0.15, 0.2) is 0 Å². The van der Waals surface area contributed by atoms with Crippen molar-refractivity contribution in [3.63, 3.8) is 0 Å². The van der Waals surface area contributed by atoms with Crippen LogP contribution in [-0.2, 0) is 4.79 Å². The standard InChI is InChI=1S/C12H13BrFNO3/c1-15(6-2-3-11(16)17)12(18)8-4-5-9(13)10(14)7-8/h4-5,7H,2-3,6H2,1H3,(H,16,17). The quantitative estimate of drug-likeness (QED) is 0.907. The summed E-state index contributed by atoms with van der Waals surface area (Å²) < 4.78 is 13.6. The zero-order chi connectivity index (χ0) is 13.7. The monoisotopic (exact) mass is 317 g/mol. The molecule has 0 bridgehead atoms. The molecule has 6 heteroatoms. The van der Waals surface area contributed by atoms with Crippen LogP contribution in [0.4, 0.5) is 4.39 Å². The highest BCUT2D eigenvalue weighted by Gasteiger charge is 2.13. The number of carboxylic acid groups (broad SMARTS) is 1. The highest BCUT2D eigenvalue weighted by molar-refractivity contribution is 9.10. The number of carbonyl (C=O) groups excluding carboxylic acids is 1. The van der Waals surface area contributed by atoms with E-state index in [0.29, 0.717) is 17.4 Å². The lowest BCUT2D eigenvalue weighted by molar-refractivity contribution is -0.137. The van der Waals surface area contributed by atoms with Gasteiger partial charge in [-0.05, 0) is 40.5 Å². The molecule has 0 unspecified atom stereocenters. The minimum atomic E-state index is -0.898. The minimum absolute atomic E-state index is 0.00627. The summed E-state index contributed by atoms with van der Waals surface area (Å²) in [4.78, 5) is 23.6. The summed E-state index contributed by atoms with van der Waals surface area (Å²) in [5.41, 5.74) is 0.244. The van der Waals surface area contributed by atoms with Crippen LogP contribution in [0.15, 0.2) is 22.7 Å². The van der Waals surface area contributed by atoms with E-state index < -0.39 is 11.8 Å². The number of rotatable bonds is 5. The summed E-state index contributed by atoms with van der Waals surface area (Å²) in [6.07, 6.45) is 0.378. The number of hydrogen-bond donors (Lipinski definition) is 1. The van der Waals surface area contributed by atoms with E-state index in [1.165, 1.54) is 17.0 Å². The molecule has 1 aromatic rings. The topological polar surface area (TPSA) is 57.6 Å². The van der Waals surface area contributed by atoms with Crippen molar-refractivity contribution in [1.82, 2.24) is 4.90 Å². The molecule has 1 N–H and O–H groups in total. The Labute approximate surface area is 113 Å². The van der Waals surface area contributed by atoms with Crippen LogP contribution in [0, 0.1) is 5.82 Å². The molecule has 0 aromatic heterocycles. The maximum atomic E-state index is 13.3. The van der Waals surface area contributed by atoms with Gasteiger partial charge in [0.25, 0.3) is 5.91 Å². The van der Waals surface area contributed by atoms with Gasteiger partial charge in [-0.2, -0.15) is 0 Å². The van der Waals surface area contributed by atoms with Gasteiger partial charge < -0.3 is 10.0 Å². The first-order valence-electron chi connectivity index (χ1n) is 5.34. The van der Waals surface area contributed by atoms with Crippen molar-refractivity contribution >= 4 is 27.8 Å². The molecule has 0 heterocycles. The Morgan fingerprint density at radius 3 is 2.67 bits per heavy atom. The molecule has 0 aliphatic rings. The number of carboxylic acids is 1. The highest BCUT2D eigenvalue weighted by Crippen LogP contribution is 2.17. The second-order valence-electron chi connectivity index (χ2n) is 3.85. The third kappa shape index (κ3) is 4.10. The zero-order valence-electron chi connectivity index (χ0n) is 9.82. The van der Waals surface area contributed by atoms with E-state index in [1.807, 2.05) is 0 Å². The van der Waals surface area contributed by atoms with E-state index >= 15 is 0 Å². The maximum absolute atomic E-state index is 13.3. The van der Waals surface area contributed by atoms with Crippen LogP contribution in [0.3, 0.4) is 0 Å². The Hall–Kier alpha value is -1.43. The normalized spacial score (nSPS) is 10.2. The van der Waals surface area contributed by atoms with Crippen molar-refractivity contribution in [2.24, 2.45) is 0 Å². The smallest absolute Gasteiger partial charge is 0.303 e. The molecule has 1 aromatic carbocycles. The molecular formula is C12H13BrFNO3. The first kappa shape index (κ1) is 14.6. The molecule has 0 atom stereocenters. The van der Waals surface area contributed by atoms with Crippen molar-refractivity contribution in [3.8, 4) is 0 Å². The van der Waals surface area contributed by atoms with E-state index in [1.54, 1.807) is 7.05 Å².